The predicted octanol–water partition coefficient (Wildman–Crippen LogP) is 0.230. The highest BCUT2D eigenvalue weighted by Crippen LogP contribution is 2.25. The van der Waals surface area contributed by atoms with E-state index in [1.165, 1.54) is 6.07 Å². The highest BCUT2D eigenvalue weighted by atomic mass is 19.1. The molecular weight excluding hydrogens is 189 g/mol. The molecule has 0 bridgehead atoms. The number of rotatable bonds is 4. The van der Waals surface area contributed by atoms with Crippen LogP contribution in [0.2, 0.25) is 0 Å². The molecule has 0 fully saturated rings. The van der Waals surface area contributed by atoms with Gasteiger partial charge in [-0.2, -0.15) is 0 Å². The lowest BCUT2D eigenvalue weighted by molar-refractivity contribution is 0.112. The summed E-state index contributed by atoms with van der Waals surface area (Å²) >= 11 is 0. The first kappa shape index (κ1) is 10.7. The van der Waals surface area contributed by atoms with Gasteiger partial charge in [-0.15, -0.1) is 0 Å². The van der Waals surface area contributed by atoms with E-state index in [9.17, 15) is 9.50 Å². The number of nitrogens with two attached hydrogens (primary N) is 1. The van der Waals surface area contributed by atoms with Gasteiger partial charge in [0.2, 0.25) is 0 Å². The molecule has 1 unspecified atom stereocenters. The molecule has 0 aliphatic carbocycles. The van der Waals surface area contributed by atoms with Crippen LogP contribution >= 0.6 is 0 Å². The summed E-state index contributed by atoms with van der Waals surface area (Å²) in [5.41, 5.74) is 5.15. The van der Waals surface area contributed by atoms with Gasteiger partial charge >= 0.3 is 0 Å². The van der Waals surface area contributed by atoms with Crippen LogP contribution in [0.15, 0.2) is 18.2 Å². The largest absolute Gasteiger partial charge is 0.504 e. The summed E-state index contributed by atoms with van der Waals surface area (Å²) in [7, 11) is 0. The Kier molecular flexibility index (Phi) is 3.67. The number of ether oxygens (including phenoxy) is 1. The molecule has 4 nitrogen and oxygen atoms in total. The van der Waals surface area contributed by atoms with Crippen LogP contribution < -0.4 is 10.5 Å². The van der Waals surface area contributed by atoms with Crippen molar-refractivity contribution >= 4 is 0 Å². The Balaban J connectivity index is 2.59. The minimum atomic E-state index is -0.792. The van der Waals surface area contributed by atoms with Crippen molar-refractivity contribution in [2.24, 2.45) is 5.73 Å². The van der Waals surface area contributed by atoms with Gasteiger partial charge in [-0.3, -0.25) is 0 Å². The number of hydrogen-bond acceptors (Lipinski definition) is 4. The van der Waals surface area contributed by atoms with E-state index in [0.29, 0.717) is 0 Å². The van der Waals surface area contributed by atoms with E-state index in [1.54, 1.807) is 0 Å². The Morgan fingerprint density at radius 2 is 2.21 bits per heavy atom. The maximum Gasteiger partial charge on any atom is 0.161 e. The lowest BCUT2D eigenvalue weighted by Gasteiger charge is -2.10. The van der Waals surface area contributed by atoms with Crippen LogP contribution in [0.25, 0.3) is 0 Å². The van der Waals surface area contributed by atoms with E-state index in [-0.39, 0.29) is 24.7 Å². The lowest BCUT2D eigenvalue weighted by Crippen LogP contribution is -2.26. The first-order valence-corrected chi connectivity index (χ1v) is 4.13. The fourth-order valence-electron chi connectivity index (χ4n) is 0.867. The average Bonchev–Trinajstić information content (AvgIpc) is 2.16. The van der Waals surface area contributed by atoms with Crippen molar-refractivity contribution in [3.63, 3.8) is 0 Å². The molecule has 14 heavy (non-hydrogen) atoms. The van der Waals surface area contributed by atoms with Gasteiger partial charge in [0.15, 0.2) is 11.5 Å². The molecule has 0 aliphatic heterocycles. The standard InChI is InChI=1S/C9H12FNO3/c10-6-1-2-9(8(13)3-6)14-5-7(12)4-11/h1-3,7,12-13H,4-5,11H2. The maximum absolute atomic E-state index is 12.5. The topological polar surface area (TPSA) is 75.7 Å². The first-order valence-electron chi connectivity index (χ1n) is 4.13. The number of benzene rings is 1. The van der Waals surface area contributed by atoms with Crippen molar-refractivity contribution in [3.8, 4) is 11.5 Å². The van der Waals surface area contributed by atoms with Crippen molar-refractivity contribution in [2.75, 3.05) is 13.2 Å². The summed E-state index contributed by atoms with van der Waals surface area (Å²) in [5, 5.41) is 18.3. The van der Waals surface area contributed by atoms with Gasteiger partial charge in [-0.05, 0) is 12.1 Å². The van der Waals surface area contributed by atoms with E-state index in [0.717, 1.165) is 12.1 Å². The molecule has 78 valence electrons. The van der Waals surface area contributed by atoms with Crippen molar-refractivity contribution in [3.05, 3.63) is 24.0 Å². The normalized spacial score (nSPS) is 12.5. The lowest BCUT2D eigenvalue weighted by atomic mass is 10.3. The van der Waals surface area contributed by atoms with Crippen molar-refractivity contribution in [2.45, 2.75) is 6.10 Å². The van der Waals surface area contributed by atoms with E-state index in [2.05, 4.69) is 0 Å². The van der Waals surface area contributed by atoms with Gasteiger partial charge in [0.1, 0.15) is 18.5 Å². The number of aliphatic hydroxyl groups excluding tert-OH is 1. The Labute approximate surface area is 80.7 Å². The molecule has 0 radical (unpaired) electrons. The Hall–Kier alpha value is -1.33. The van der Waals surface area contributed by atoms with Crippen molar-refractivity contribution in [1.82, 2.24) is 0 Å². The molecular formula is C9H12FNO3. The fraction of sp³-hybridized carbons (Fsp3) is 0.333. The van der Waals surface area contributed by atoms with Gasteiger partial charge in [0, 0.05) is 12.6 Å². The quantitative estimate of drug-likeness (QED) is 0.651. The first-order chi connectivity index (χ1) is 6.63. The summed E-state index contributed by atoms with van der Waals surface area (Å²) in [5.74, 6) is -0.720. The SMILES string of the molecule is NCC(O)COc1ccc(F)cc1O. The molecule has 0 saturated carbocycles. The molecule has 1 atom stereocenters. The second-order valence-corrected chi connectivity index (χ2v) is 2.81. The van der Waals surface area contributed by atoms with Gasteiger partial charge < -0.3 is 20.7 Å². The summed E-state index contributed by atoms with van der Waals surface area (Å²) in [4.78, 5) is 0. The summed E-state index contributed by atoms with van der Waals surface area (Å²) < 4.78 is 17.5. The zero-order valence-corrected chi connectivity index (χ0v) is 7.48. The van der Waals surface area contributed by atoms with Crippen LogP contribution in [0.3, 0.4) is 0 Å². The highest BCUT2D eigenvalue weighted by Gasteiger charge is 2.06. The predicted molar refractivity (Wildman–Crippen MR) is 48.6 cm³/mol. The van der Waals surface area contributed by atoms with Gasteiger partial charge in [-0.1, -0.05) is 0 Å². The molecule has 0 heterocycles. The van der Waals surface area contributed by atoms with Gasteiger partial charge in [-0.25, -0.2) is 4.39 Å². The molecule has 0 saturated heterocycles. The molecule has 0 spiro atoms. The smallest absolute Gasteiger partial charge is 0.161 e. The zero-order chi connectivity index (χ0) is 10.6. The Bertz CT molecular complexity index is 306. The highest BCUT2D eigenvalue weighted by molar-refractivity contribution is 5.38. The Morgan fingerprint density at radius 3 is 2.79 bits per heavy atom. The van der Waals surface area contributed by atoms with E-state index in [4.69, 9.17) is 15.6 Å². The summed E-state index contributed by atoms with van der Waals surface area (Å²) in [6.07, 6.45) is -0.792. The molecule has 0 aromatic heterocycles. The summed E-state index contributed by atoms with van der Waals surface area (Å²) in [6.45, 7) is 0.0393. The number of phenolic OH excluding ortho intramolecular Hbond substituents is 1. The molecule has 4 N–H and O–H groups in total. The van der Waals surface area contributed by atoms with E-state index < -0.39 is 11.9 Å². The fourth-order valence-corrected chi connectivity index (χ4v) is 0.867. The van der Waals surface area contributed by atoms with Gasteiger partial charge in [0.05, 0.1) is 0 Å². The third kappa shape index (κ3) is 2.86. The number of halogens is 1. The Morgan fingerprint density at radius 1 is 1.50 bits per heavy atom. The maximum atomic E-state index is 12.5. The average molecular weight is 201 g/mol. The van der Waals surface area contributed by atoms with E-state index >= 15 is 0 Å². The number of hydrogen-bond donors (Lipinski definition) is 3. The number of phenols is 1. The molecule has 0 aliphatic rings. The summed E-state index contributed by atoms with van der Waals surface area (Å²) in [6, 6.07) is 3.38. The molecule has 1 aromatic carbocycles. The van der Waals surface area contributed by atoms with Crippen LogP contribution in [0.1, 0.15) is 0 Å². The second kappa shape index (κ2) is 4.78. The third-order valence-corrected chi connectivity index (χ3v) is 1.62. The molecule has 1 aromatic rings. The van der Waals surface area contributed by atoms with E-state index in [1.807, 2.05) is 0 Å². The zero-order valence-electron chi connectivity index (χ0n) is 7.48. The van der Waals surface area contributed by atoms with Gasteiger partial charge in [0.25, 0.3) is 0 Å². The minimum Gasteiger partial charge on any atom is -0.504 e. The molecule has 0 amide bonds. The van der Waals surface area contributed by atoms with Crippen molar-refractivity contribution < 1.29 is 19.3 Å². The minimum absolute atomic E-state index is 0.0321. The number of aliphatic hydroxyl groups is 1. The van der Waals surface area contributed by atoms with Crippen LogP contribution in [0.5, 0.6) is 11.5 Å². The molecule has 5 heteroatoms. The molecule has 1 rings (SSSR count). The van der Waals surface area contributed by atoms with Crippen LogP contribution in [0, 0.1) is 5.82 Å². The van der Waals surface area contributed by atoms with Crippen LogP contribution in [-0.4, -0.2) is 29.5 Å². The second-order valence-electron chi connectivity index (χ2n) is 2.81. The third-order valence-electron chi connectivity index (χ3n) is 1.62. The van der Waals surface area contributed by atoms with Crippen LogP contribution in [0.4, 0.5) is 4.39 Å². The monoisotopic (exact) mass is 201 g/mol. The number of aromatic hydroxyl groups is 1. The van der Waals surface area contributed by atoms with Crippen molar-refractivity contribution in [1.29, 1.82) is 0 Å². The van der Waals surface area contributed by atoms with Crippen LogP contribution in [-0.2, 0) is 0 Å².